The van der Waals surface area contributed by atoms with Crippen molar-refractivity contribution in [3.05, 3.63) is 108 Å². The second-order valence-electron chi connectivity index (χ2n) is 10.6. The number of carbonyl (C=O) groups excluding carboxylic acids is 2. The van der Waals surface area contributed by atoms with Crippen LogP contribution in [0.4, 0.5) is 18.9 Å². The number of hydrogen-bond acceptors (Lipinski definition) is 7. The Labute approximate surface area is 269 Å². The average molecular weight is 669 g/mol. The number of benzene rings is 4. The molecule has 246 valence electrons. The van der Waals surface area contributed by atoms with Crippen LogP contribution in [0.3, 0.4) is 0 Å². The van der Waals surface area contributed by atoms with E-state index in [1.165, 1.54) is 44.6 Å². The molecule has 1 atom stereocenters. The molecule has 0 spiro atoms. The third-order valence-electron chi connectivity index (χ3n) is 7.65. The molecule has 4 aromatic carbocycles. The molecule has 1 N–H and O–H groups in total. The number of ether oxygens (including phenoxy) is 3. The van der Waals surface area contributed by atoms with E-state index in [1.54, 1.807) is 48.5 Å². The minimum atomic E-state index is -4.58. The monoisotopic (exact) mass is 668 g/mol. The molecule has 0 fully saturated rings. The van der Waals surface area contributed by atoms with E-state index in [4.69, 9.17) is 9.47 Å². The molecule has 1 aliphatic heterocycles. The summed E-state index contributed by atoms with van der Waals surface area (Å²) in [6.45, 7) is 0.200. The maximum absolute atomic E-state index is 14.0. The molecule has 0 bridgehead atoms. The Balaban J connectivity index is 1.31. The van der Waals surface area contributed by atoms with Gasteiger partial charge in [0.25, 0.3) is 10.0 Å². The van der Waals surface area contributed by atoms with Crippen molar-refractivity contribution in [3.63, 3.8) is 0 Å². The first-order valence-corrected chi connectivity index (χ1v) is 15.9. The standard InChI is InChI=1S/C34H31F3N2O7S/c1-44-31-16-11-25(34(35,36)37)21-28(31)23-9-14-27(15-10-23)47(42,43)39-29-6-4-3-5-24(29)20-30(39)33(41)38-17-18-46-26-12-7-22(8-13-26)19-32(40)45-2/h3-16,21,30H,17-20H2,1-2H3,(H,38,41)/t30-/m0/s1. The third-order valence-corrected chi connectivity index (χ3v) is 9.48. The highest BCUT2D eigenvalue weighted by Crippen LogP contribution is 2.39. The van der Waals surface area contributed by atoms with Gasteiger partial charge in [0.1, 0.15) is 24.1 Å². The average Bonchev–Trinajstić information content (AvgIpc) is 3.47. The van der Waals surface area contributed by atoms with Gasteiger partial charge in [0.2, 0.25) is 5.91 Å². The number of alkyl halides is 3. The summed E-state index contributed by atoms with van der Waals surface area (Å²) in [5.41, 5.74) is 1.39. The van der Waals surface area contributed by atoms with Gasteiger partial charge in [-0.05, 0) is 65.2 Å². The number of esters is 1. The SMILES string of the molecule is COC(=O)Cc1ccc(OCCNC(=O)[C@@H]2Cc3ccccc3N2S(=O)(=O)c2ccc(-c3cc(C(F)(F)F)ccc3OC)cc2)cc1. The zero-order chi connectivity index (χ0) is 33.8. The molecule has 13 heteroatoms. The predicted molar refractivity (Wildman–Crippen MR) is 168 cm³/mol. The van der Waals surface area contributed by atoms with E-state index in [0.717, 1.165) is 22.0 Å². The van der Waals surface area contributed by atoms with Crippen molar-refractivity contribution in [2.75, 3.05) is 31.7 Å². The molecule has 0 unspecified atom stereocenters. The fraction of sp³-hybridized carbons (Fsp3) is 0.235. The van der Waals surface area contributed by atoms with Crippen LogP contribution in [0.1, 0.15) is 16.7 Å². The van der Waals surface area contributed by atoms with E-state index in [2.05, 4.69) is 10.1 Å². The number of nitrogens with zero attached hydrogens (tertiary/aromatic N) is 1. The van der Waals surface area contributed by atoms with Crippen molar-refractivity contribution in [3.8, 4) is 22.6 Å². The molecular weight excluding hydrogens is 637 g/mol. The number of hydrogen-bond donors (Lipinski definition) is 1. The van der Waals surface area contributed by atoms with Crippen LogP contribution in [0.25, 0.3) is 11.1 Å². The quantitative estimate of drug-likeness (QED) is 0.168. The number of halogens is 3. The van der Waals surface area contributed by atoms with Crippen LogP contribution >= 0.6 is 0 Å². The molecule has 0 aromatic heterocycles. The highest BCUT2D eigenvalue weighted by molar-refractivity contribution is 7.93. The van der Waals surface area contributed by atoms with Gasteiger partial charge >= 0.3 is 12.1 Å². The molecule has 9 nitrogen and oxygen atoms in total. The molecule has 0 saturated carbocycles. The van der Waals surface area contributed by atoms with Gasteiger partial charge in [-0.2, -0.15) is 13.2 Å². The predicted octanol–water partition coefficient (Wildman–Crippen LogP) is 5.41. The fourth-order valence-electron chi connectivity index (χ4n) is 5.29. The number of anilines is 1. The van der Waals surface area contributed by atoms with Gasteiger partial charge in [0.05, 0.1) is 43.3 Å². The molecule has 0 aliphatic carbocycles. The summed E-state index contributed by atoms with van der Waals surface area (Å²) < 4.78 is 84.9. The molecule has 1 amide bonds. The smallest absolute Gasteiger partial charge is 0.416 e. The van der Waals surface area contributed by atoms with Gasteiger partial charge in [-0.25, -0.2) is 8.42 Å². The molecule has 1 heterocycles. The minimum absolute atomic E-state index is 0.0942. The first-order valence-electron chi connectivity index (χ1n) is 14.5. The topological polar surface area (TPSA) is 111 Å². The van der Waals surface area contributed by atoms with Crippen LogP contribution in [0.5, 0.6) is 11.5 Å². The van der Waals surface area contributed by atoms with Gasteiger partial charge in [-0.15, -0.1) is 0 Å². The van der Waals surface area contributed by atoms with Crippen LogP contribution in [0, 0.1) is 0 Å². The molecule has 0 radical (unpaired) electrons. The van der Waals surface area contributed by atoms with E-state index in [9.17, 15) is 31.2 Å². The number of sulfonamides is 1. The summed E-state index contributed by atoms with van der Waals surface area (Å²) in [4.78, 5) is 24.7. The molecular formula is C34H31F3N2O7S. The van der Waals surface area contributed by atoms with Crippen molar-refractivity contribution in [2.24, 2.45) is 0 Å². The Bertz CT molecular complexity index is 1860. The van der Waals surface area contributed by atoms with E-state index in [0.29, 0.717) is 22.6 Å². The van der Waals surface area contributed by atoms with Crippen LogP contribution in [0.2, 0.25) is 0 Å². The molecule has 47 heavy (non-hydrogen) atoms. The van der Waals surface area contributed by atoms with Crippen LogP contribution in [-0.4, -0.2) is 53.7 Å². The summed E-state index contributed by atoms with van der Waals surface area (Å²) in [5, 5.41) is 2.75. The Kier molecular flexibility index (Phi) is 9.75. The van der Waals surface area contributed by atoms with Crippen molar-refractivity contribution < 1.29 is 45.4 Å². The normalized spacial score (nSPS) is 14.3. The minimum Gasteiger partial charge on any atom is -0.496 e. The molecule has 4 aromatic rings. The van der Waals surface area contributed by atoms with Crippen molar-refractivity contribution in [2.45, 2.75) is 30.0 Å². The second-order valence-corrected chi connectivity index (χ2v) is 12.4. The lowest BCUT2D eigenvalue weighted by Gasteiger charge is -2.26. The zero-order valence-corrected chi connectivity index (χ0v) is 26.2. The first kappa shape index (κ1) is 33.3. The first-order chi connectivity index (χ1) is 22.4. The van der Waals surface area contributed by atoms with Crippen LogP contribution in [-0.2, 0) is 43.4 Å². The summed E-state index contributed by atoms with van der Waals surface area (Å²) in [6.07, 6.45) is -4.30. The Morgan fingerprint density at radius 3 is 2.30 bits per heavy atom. The van der Waals surface area contributed by atoms with Crippen molar-refractivity contribution in [1.29, 1.82) is 0 Å². The number of methoxy groups -OCH3 is 2. The van der Waals surface area contributed by atoms with Gasteiger partial charge in [-0.1, -0.05) is 42.5 Å². The van der Waals surface area contributed by atoms with Crippen LogP contribution < -0.4 is 19.1 Å². The summed E-state index contributed by atoms with van der Waals surface area (Å²) in [6, 6.07) is 21.0. The van der Waals surface area contributed by atoms with E-state index in [1.807, 2.05) is 0 Å². The summed E-state index contributed by atoms with van der Waals surface area (Å²) in [7, 11) is -1.64. The van der Waals surface area contributed by atoms with Gasteiger partial charge in [-0.3, -0.25) is 13.9 Å². The number of nitrogens with one attached hydrogen (secondary N) is 1. The lowest BCUT2D eigenvalue weighted by Crippen LogP contribution is -2.48. The molecule has 0 saturated heterocycles. The van der Waals surface area contributed by atoms with Gasteiger partial charge in [0, 0.05) is 12.0 Å². The second kappa shape index (κ2) is 13.8. The largest absolute Gasteiger partial charge is 0.496 e. The Hall–Kier alpha value is -5.04. The number of para-hydroxylation sites is 1. The highest BCUT2D eigenvalue weighted by Gasteiger charge is 2.42. The Morgan fingerprint density at radius 2 is 1.64 bits per heavy atom. The number of rotatable bonds is 11. The maximum Gasteiger partial charge on any atom is 0.416 e. The summed E-state index contributed by atoms with van der Waals surface area (Å²) in [5.74, 6) is -0.165. The number of amides is 1. The maximum atomic E-state index is 14.0. The summed E-state index contributed by atoms with van der Waals surface area (Å²) >= 11 is 0. The van der Waals surface area contributed by atoms with E-state index in [-0.39, 0.29) is 48.2 Å². The molecule has 1 aliphatic rings. The lowest BCUT2D eigenvalue weighted by molar-refractivity contribution is -0.140. The van der Waals surface area contributed by atoms with E-state index < -0.39 is 33.7 Å². The fourth-order valence-corrected chi connectivity index (χ4v) is 6.94. The van der Waals surface area contributed by atoms with Crippen LogP contribution in [0.15, 0.2) is 95.9 Å². The number of fused-ring (bicyclic) bond motifs is 1. The lowest BCUT2D eigenvalue weighted by atomic mass is 10.0. The van der Waals surface area contributed by atoms with E-state index >= 15 is 0 Å². The Morgan fingerprint density at radius 1 is 0.936 bits per heavy atom. The van der Waals surface area contributed by atoms with Gasteiger partial charge < -0.3 is 19.5 Å². The zero-order valence-electron chi connectivity index (χ0n) is 25.4. The highest BCUT2D eigenvalue weighted by atomic mass is 32.2. The van der Waals surface area contributed by atoms with Crippen molar-refractivity contribution >= 4 is 27.6 Å². The third kappa shape index (κ3) is 7.35. The van der Waals surface area contributed by atoms with Gasteiger partial charge in [0.15, 0.2) is 0 Å². The van der Waals surface area contributed by atoms with Crippen molar-refractivity contribution in [1.82, 2.24) is 5.32 Å². The number of carbonyl (C=O) groups is 2. The molecule has 5 rings (SSSR count).